The van der Waals surface area contributed by atoms with Gasteiger partial charge in [-0.3, -0.25) is 0 Å². The molecular formula is C47H50ClN2OS+. The van der Waals surface area contributed by atoms with Crippen LogP contribution in [-0.2, 0) is 10.8 Å². The Morgan fingerprint density at radius 1 is 0.788 bits per heavy atom. The van der Waals surface area contributed by atoms with Crippen LogP contribution < -0.4 is 9.64 Å². The number of benzene rings is 4. The summed E-state index contributed by atoms with van der Waals surface area (Å²) in [5.74, 6) is 1.91. The minimum absolute atomic E-state index is 0.0934. The molecule has 1 aliphatic carbocycles. The number of ether oxygens (including phenoxy) is 1. The van der Waals surface area contributed by atoms with E-state index < -0.39 is 0 Å². The Kier molecular flexibility index (Phi) is 9.93. The number of halogens is 1. The van der Waals surface area contributed by atoms with E-state index in [0.717, 1.165) is 58.5 Å². The molecule has 3 aliphatic rings. The van der Waals surface area contributed by atoms with E-state index in [1.54, 1.807) is 11.8 Å². The van der Waals surface area contributed by atoms with Crippen LogP contribution in [0, 0.1) is 13.8 Å². The van der Waals surface area contributed by atoms with Gasteiger partial charge in [0.2, 0.25) is 5.69 Å². The van der Waals surface area contributed by atoms with Gasteiger partial charge in [0.1, 0.15) is 18.1 Å². The molecule has 266 valence electrons. The number of fused-ring (bicyclic) bond motifs is 2. The zero-order chi connectivity index (χ0) is 36.8. The minimum atomic E-state index is -0.0934. The summed E-state index contributed by atoms with van der Waals surface area (Å²) >= 11 is 7.91. The highest BCUT2D eigenvalue weighted by Crippen LogP contribution is 2.48. The molecular weight excluding hydrogens is 676 g/mol. The summed E-state index contributed by atoms with van der Waals surface area (Å²) in [6.45, 7) is 20.0. The first-order valence-corrected chi connectivity index (χ1v) is 19.8. The van der Waals surface area contributed by atoms with E-state index in [9.17, 15) is 0 Å². The van der Waals surface area contributed by atoms with Crippen molar-refractivity contribution in [2.75, 3.05) is 18.0 Å². The summed E-state index contributed by atoms with van der Waals surface area (Å²) in [5.41, 5.74) is 12.6. The second-order valence-corrected chi connectivity index (χ2v) is 16.7. The lowest BCUT2D eigenvalue weighted by Gasteiger charge is -2.26. The molecule has 0 amide bonds. The standard InChI is InChI=1S/C47H50ClN2OS/c1-9-49-40-17-13-11-15-38(40)46(5,6)42(49)27-21-33-19-20-34(22-28-43-47(7,8)39-16-12-14-18-41(39)50(43)10-2)45(33)51-44-31(3)29-37(30-32(44)4)52-36-25-23-35(48)24-26-36/h11-18,21-30H,9-10,19-20H2,1-8H3/q+1. The highest BCUT2D eigenvalue weighted by Gasteiger charge is 2.43. The van der Waals surface area contributed by atoms with Crippen molar-refractivity contribution in [2.24, 2.45) is 0 Å². The normalized spacial score (nSPS) is 19.1. The molecule has 0 radical (unpaired) electrons. The van der Waals surface area contributed by atoms with Crippen LogP contribution in [0.4, 0.5) is 11.4 Å². The van der Waals surface area contributed by atoms with Crippen LogP contribution in [0.15, 0.2) is 142 Å². The molecule has 0 saturated carbocycles. The Hall–Kier alpha value is -4.25. The lowest BCUT2D eigenvalue weighted by atomic mass is 9.81. The van der Waals surface area contributed by atoms with E-state index in [4.69, 9.17) is 16.3 Å². The summed E-state index contributed by atoms with van der Waals surface area (Å²) in [7, 11) is 0. The molecule has 4 aromatic rings. The van der Waals surface area contributed by atoms with Crippen molar-refractivity contribution in [2.45, 2.75) is 88.9 Å². The fraction of sp³-hybridized carbons (Fsp3) is 0.298. The first-order valence-electron chi connectivity index (χ1n) is 18.6. The van der Waals surface area contributed by atoms with E-state index in [-0.39, 0.29) is 10.8 Å². The summed E-state index contributed by atoms with van der Waals surface area (Å²) in [6.07, 6.45) is 11.2. The SMILES string of the molecule is CCN1/C(=C/C=C2\CCC(/C=C/C3=[N+](CC)c4ccccc4C3(C)C)=C2Oc2c(C)cc(Sc3ccc(Cl)cc3)cc2C)C(C)(C)c2ccccc21. The number of allylic oxidation sites excluding steroid dienone is 7. The van der Waals surface area contributed by atoms with Gasteiger partial charge < -0.3 is 9.64 Å². The van der Waals surface area contributed by atoms with Gasteiger partial charge >= 0.3 is 0 Å². The van der Waals surface area contributed by atoms with Gasteiger partial charge in [0.25, 0.3) is 0 Å². The van der Waals surface area contributed by atoms with E-state index in [2.05, 4.69) is 162 Å². The number of para-hydroxylation sites is 2. The maximum atomic E-state index is 7.12. The number of likely N-dealkylation sites (N-methyl/N-ethyl adjacent to an activating group) is 1. The van der Waals surface area contributed by atoms with Gasteiger partial charge in [-0.15, -0.1) is 0 Å². The van der Waals surface area contributed by atoms with Crippen LogP contribution in [0.5, 0.6) is 5.75 Å². The van der Waals surface area contributed by atoms with Crippen molar-refractivity contribution in [3.05, 3.63) is 159 Å². The fourth-order valence-corrected chi connectivity index (χ4v) is 9.49. The van der Waals surface area contributed by atoms with Gasteiger partial charge in [-0.05, 0) is 137 Å². The van der Waals surface area contributed by atoms with Gasteiger partial charge in [0.05, 0.1) is 5.41 Å². The molecule has 0 fully saturated rings. The second-order valence-electron chi connectivity index (χ2n) is 15.1. The van der Waals surface area contributed by atoms with E-state index in [1.807, 2.05) is 12.1 Å². The van der Waals surface area contributed by atoms with Gasteiger partial charge in [0, 0.05) is 55.9 Å². The Morgan fingerprint density at radius 3 is 2.15 bits per heavy atom. The molecule has 0 saturated heterocycles. The molecule has 0 atom stereocenters. The average molecular weight is 726 g/mol. The van der Waals surface area contributed by atoms with E-state index >= 15 is 0 Å². The monoisotopic (exact) mass is 725 g/mol. The third-order valence-electron chi connectivity index (χ3n) is 11.1. The Morgan fingerprint density at radius 2 is 1.46 bits per heavy atom. The summed E-state index contributed by atoms with van der Waals surface area (Å²) in [5, 5.41) is 0.750. The predicted molar refractivity (Wildman–Crippen MR) is 221 cm³/mol. The number of hydrogen-bond acceptors (Lipinski definition) is 3. The van der Waals surface area contributed by atoms with Gasteiger partial charge in [0.15, 0.2) is 5.71 Å². The van der Waals surface area contributed by atoms with Crippen LogP contribution in [0.3, 0.4) is 0 Å². The van der Waals surface area contributed by atoms with Gasteiger partial charge in [-0.2, -0.15) is 4.58 Å². The summed E-state index contributed by atoms with van der Waals surface area (Å²) in [4.78, 5) is 4.82. The highest BCUT2D eigenvalue weighted by atomic mass is 35.5. The number of nitrogens with zero attached hydrogens (tertiary/aromatic N) is 2. The average Bonchev–Trinajstić information content (AvgIpc) is 3.69. The molecule has 0 spiro atoms. The Balaban J connectivity index is 1.29. The van der Waals surface area contributed by atoms with Crippen molar-refractivity contribution < 1.29 is 9.31 Å². The van der Waals surface area contributed by atoms with Gasteiger partial charge in [-0.1, -0.05) is 79.7 Å². The van der Waals surface area contributed by atoms with E-state index in [0.29, 0.717) is 0 Å². The number of aryl methyl sites for hydroxylation is 2. The molecule has 4 aromatic carbocycles. The van der Waals surface area contributed by atoms with Crippen LogP contribution in [-0.4, -0.2) is 23.4 Å². The van der Waals surface area contributed by atoms with Crippen molar-refractivity contribution >= 4 is 40.4 Å². The molecule has 3 nitrogen and oxygen atoms in total. The molecule has 0 N–H and O–H groups in total. The quantitative estimate of drug-likeness (QED) is 0.160. The smallest absolute Gasteiger partial charge is 0.209 e. The molecule has 5 heteroatoms. The second kappa shape index (κ2) is 14.3. The van der Waals surface area contributed by atoms with Crippen LogP contribution >= 0.6 is 23.4 Å². The number of anilines is 1. The largest absolute Gasteiger partial charge is 0.456 e. The third kappa shape index (κ3) is 6.50. The highest BCUT2D eigenvalue weighted by molar-refractivity contribution is 7.99. The van der Waals surface area contributed by atoms with Crippen LogP contribution in [0.25, 0.3) is 0 Å². The minimum Gasteiger partial charge on any atom is -0.456 e. The Labute approximate surface area is 320 Å². The zero-order valence-electron chi connectivity index (χ0n) is 31.8. The number of rotatable bonds is 9. The fourth-order valence-electron chi connectivity index (χ4n) is 8.35. The maximum absolute atomic E-state index is 7.12. The van der Waals surface area contributed by atoms with Crippen molar-refractivity contribution in [3.8, 4) is 5.75 Å². The molecule has 0 unspecified atom stereocenters. The van der Waals surface area contributed by atoms with Crippen molar-refractivity contribution in [3.63, 3.8) is 0 Å². The summed E-state index contributed by atoms with van der Waals surface area (Å²) < 4.78 is 9.58. The number of hydrogen-bond donors (Lipinski definition) is 0. The first kappa shape index (κ1) is 36.1. The molecule has 2 aliphatic heterocycles. The van der Waals surface area contributed by atoms with Gasteiger partial charge in [-0.25, -0.2) is 0 Å². The third-order valence-corrected chi connectivity index (χ3v) is 12.3. The lowest BCUT2D eigenvalue weighted by Crippen LogP contribution is -2.27. The van der Waals surface area contributed by atoms with Crippen molar-refractivity contribution in [1.29, 1.82) is 0 Å². The topological polar surface area (TPSA) is 15.5 Å². The lowest BCUT2D eigenvalue weighted by molar-refractivity contribution is -0.433. The molecule has 0 bridgehead atoms. The predicted octanol–water partition coefficient (Wildman–Crippen LogP) is 12.8. The molecule has 2 heterocycles. The maximum Gasteiger partial charge on any atom is 0.209 e. The molecule has 0 aromatic heterocycles. The molecule has 7 rings (SSSR count). The molecule has 52 heavy (non-hydrogen) atoms. The zero-order valence-corrected chi connectivity index (χ0v) is 33.4. The van der Waals surface area contributed by atoms with Crippen molar-refractivity contribution in [1.82, 2.24) is 0 Å². The van der Waals surface area contributed by atoms with Crippen LogP contribution in [0.1, 0.15) is 76.6 Å². The Bertz CT molecular complexity index is 2180. The van der Waals surface area contributed by atoms with E-state index in [1.165, 1.54) is 50.0 Å². The van der Waals surface area contributed by atoms with Crippen LogP contribution in [0.2, 0.25) is 5.02 Å². The summed E-state index contributed by atoms with van der Waals surface area (Å²) in [6, 6.07) is 30.2. The first-order chi connectivity index (χ1) is 24.9.